The average molecular weight is 196 g/mol. The molecule has 1 aromatic heterocycles. The molecule has 2 aromatic rings. The van der Waals surface area contributed by atoms with Gasteiger partial charge in [-0.25, -0.2) is 0 Å². The van der Waals surface area contributed by atoms with Gasteiger partial charge < -0.3 is 10.1 Å². The summed E-state index contributed by atoms with van der Waals surface area (Å²) in [6.07, 6.45) is -0.467. The molecule has 0 amide bonds. The van der Waals surface area contributed by atoms with Gasteiger partial charge in [-0.15, -0.1) is 0 Å². The molecule has 2 rings (SSSR count). The molecule has 1 atom stereocenters. The Labute approximate surface area is 81.1 Å². The van der Waals surface area contributed by atoms with E-state index in [2.05, 4.69) is 4.98 Å². The fourth-order valence-electron chi connectivity index (χ4n) is 1.35. The van der Waals surface area contributed by atoms with Crippen molar-refractivity contribution in [3.05, 3.63) is 35.0 Å². The van der Waals surface area contributed by atoms with E-state index in [1.54, 1.807) is 6.92 Å². The lowest BCUT2D eigenvalue weighted by molar-refractivity contribution is 0.195. The fourth-order valence-corrected chi connectivity index (χ4v) is 1.53. The van der Waals surface area contributed by atoms with Crippen LogP contribution in [-0.4, -0.2) is 10.1 Å². The maximum Gasteiger partial charge on any atom is 0.0910 e. The Morgan fingerprint density at radius 3 is 2.85 bits per heavy atom. The predicted molar refractivity (Wildman–Crippen MR) is 53.9 cm³/mol. The summed E-state index contributed by atoms with van der Waals surface area (Å²) in [6.45, 7) is 1.73. The second-order valence-corrected chi connectivity index (χ2v) is 3.57. The molecule has 0 aliphatic carbocycles. The van der Waals surface area contributed by atoms with Gasteiger partial charge in [0.25, 0.3) is 0 Å². The molecule has 68 valence electrons. The number of fused-ring (bicyclic) bond motifs is 1. The minimum Gasteiger partial charge on any atom is -0.387 e. The van der Waals surface area contributed by atoms with E-state index in [0.29, 0.717) is 5.02 Å². The SMILES string of the molecule is CC(O)c1cc2cc(Cl)ccc2[nH]1. The van der Waals surface area contributed by atoms with E-state index in [0.717, 1.165) is 16.6 Å². The first-order valence-corrected chi connectivity index (χ1v) is 4.51. The normalized spacial score (nSPS) is 13.5. The monoisotopic (exact) mass is 195 g/mol. The molecule has 1 aromatic carbocycles. The van der Waals surface area contributed by atoms with Crippen LogP contribution in [0.3, 0.4) is 0 Å². The van der Waals surface area contributed by atoms with Crippen LogP contribution in [0, 0.1) is 0 Å². The van der Waals surface area contributed by atoms with Crippen molar-refractivity contribution in [1.82, 2.24) is 4.98 Å². The van der Waals surface area contributed by atoms with Crippen molar-refractivity contribution in [2.24, 2.45) is 0 Å². The molecule has 1 unspecified atom stereocenters. The molecule has 2 nitrogen and oxygen atoms in total. The standard InChI is InChI=1S/C10H10ClNO/c1-6(13)10-5-7-4-8(11)2-3-9(7)12-10/h2-6,12-13H,1H3. The molecule has 0 fully saturated rings. The van der Waals surface area contributed by atoms with Gasteiger partial charge in [0.1, 0.15) is 0 Å². The van der Waals surface area contributed by atoms with E-state index in [-0.39, 0.29) is 0 Å². The fraction of sp³-hybridized carbons (Fsp3) is 0.200. The number of aliphatic hydroxyl groups excluding tert-OH is 1. The molecule has 1 heterocycles. The van der Waals surface area contributed by atoms with Crippen molar-refractivity contribution < 1.29 is 5.11 Å². The summed E-state index contributed by atoms with van der Waals surface area (Å²) < 4.78 is 0. The van der Waals surface area contributed by atoms with Crippen molar-refractivity contribution in [2.45, 2.75) is 13.0 Å². The highest BCUT2D eigenvalue weighted by Gasteiger charge is 2.05. The second-order valence-electron chi connectivity index (χ2n) is 3.13. The van der Waals surface area contributed by atoms with E-state index in [4.69, 9.17) is 11.6 Å². The molecule has 3 heteroatoms. The van der Waals surface area contributed by atoms with Crippen LogP contribution in [0.25, 0.3) is 10.9 Å². The molecule has 13 heavy (non-hydrogen) atoms. The lowest BCUT2D eigenvalue weighted by Crippen LogP contribution is -1.88. The number of aromatic amines is 1. The predicted octanol–water partition coefficient (Wildman–Crippen LogP) is 2.87. The first-order valence-electron chi connectivity index (χ1n) is 4.13. The Hall–Kier alpha value is -0.990. The number of aliphatic hydroxyl groups is 1. The van der Waals surface area contributed by atoms with Gasteiger partial charge in [0.05, 0.1) is 6.10 Å². The number of nitrogens with one attached hydrogen (secondary N) is 1. The lowest BCUT2D eigenvalue weighted by atomic mass is 10.2. The van der Waals surface area contributed by atoms with Gasteiger partial charge in [-0.3, -0.25) is 0 Å². The van der Waals surface area contributed by atoms with Crippen LogP contribution >= 0.6 is 11.6 Å². The Kier molecular flexibility index (Phi) is 2.02. The maximum absolute atomic E-state index is 9.33. The number of H-pyrrole nitrogens is 1. The summed E-state index contributed by atoms with van der Waals surface area (Å²) in [7, 11) is 0. The zero-order valence-electron chi connectivity index (χ0n) is 7.21. The molecule has 0 bridgehead atoms. The number of hydrogen-bond donors (Lipinski definition) is 2. The average Bonchev–Trinajstić information content (AvgIpc) is 2.46. The Morgan fingerprint density at radius 1 is 1.38 bits per heavy atom. The Morgan fingerprint density at radius 2 is 2.15 bits per heavy atom. The van der Waals surface area contributed by atoms with Gasteiger partial charge in [0.2, 0.25) is 0 Å². The van der Waals surface area contributed by atoms with E-state index in [9.17, 15) is 5.11 Å². The van der Waals surface area contributed by atoms with Crippen LogP contribution in [0.1, 0.15) is 18.7 Å². The van der Waals surface area contributed by atoms with E-state index >= 15 is 0 Å². The molecule has 0 saturated heterocycles. The smallest absolute Gasteiger partial charge is 0.0910 e. The molecule has 2 N–H and O–H groups in total. The summed E-state index contributed by atoms with van der Waals surface area (Å²) in [5, 5.41) is 11.1. The zero-order chi connectivity index (χ0) is 9.42. The number of rotatable bonds is 1. The maximum atomic E-state index is 9.33. The lowest BCUT2D eigenvalue weighted by Gasteiger charge is -1.97. The van der Waals surface area contributed by atoms with Crippen molar-refractivity contribution >= 4 is 22.5 Å². The van der Waals surface area contributed by atoms with Crippen molar-refractivity contribution in [3.63, 3.8) is 0 Å². The van der Waals surface area contributed by atoms with Gasteiger partial charge in [-0.05, 0) is 31.2 Å². The van der Waals surface area contributed by atoms with E-state index in [1.807, 2.05) is 24.3 Å². The highest BCUT2D eigenvalue weighted by atomic mass is 35.5. The highest BCUT2D eigenvalue weighted by molar-refractivity contribution is 6.31. The summed E-state index contributed by atoms with van der Waals surface area (Å²) in [4.78, 5) is 3.11. The van der Waals surface area contributed by atoms with E-state index in [1.165, 1.54) is 0 Å². The van der Waals surface area contributed by atoms with Gasteiger partial charge in [-0.1, -0.05) is 11.6 Å². The molecule has 0 radical (unpaired) electrons. The minimum atomic E-state index is -0.467. The minimum absolute atomic E-state index is 0.467. The molecular formula is C10H10ClNO. The van der Waals surface area contributed by atoms with Crippen LogP contribution in [0.15, 0.2) is 24.3 Å². The van der Waals surface area contributed by atoms with Gasteiger partial charge in [0, 0.05) is 21.6 Å². The number of halogens is 1. The first-order chi connectivity index (χ1) is 6.16. The number of aromatic nitrogens is 1. The topological polar surface area (TPSA) is 36.0 Å². The third-order valence-electron chi connectivity index (χ3n) is 2.05. The van der Waals surface area contributed by atoms with E-state index < -0.39 is 6.10 Å². The van der Waals surface area contributed by atoms with Gasteiger partial charge in [-0.2, -0.15) is 0 Å². The number of benzene rings is 1. The Balaban J connectivity index is 2.62. The highest BCUT2D eigenvalue weighted by Crippen LogP contribution is 2.22. The number of hydrogen-bond acceptors (Lipinski definition) is 1. The first kappa shape index (κ1) is 8.60. The van der Waals surface area contributed by atoms with Crippen LogP contribution in [0.2, 0.25) is 5.02 Å². The quantitative estimate of drug-likeness (QED) is 0.721. The third-order valence-corrected chi connectivity index (χ3v) is 2.29. The van der Waals surface area contributed by atoms with Crippen molar-refractivity contribution in [2.75, 3.05) is 0 Å². The van der Waals surface area contributed by atoms with Gasteiger partial charge in [0.15, 0.2) is 0 Å². The largest absolute Gasteiger partial charge is 0.387 e. The second kappa shape index (κ2) is 3.05. The van der Waals surface area contributed by atoms with Crippen LogP contribution in [-0.2, 0) is 0 Å². The molecule has 0 saturated carbocycles. The summed E-state index contributed by atoms with van der Waals surface area (Å²) in [5.74, 6) is 0. The molecular weight excluding hydrogens is 186 g/mol. The van der Waals surface area contributed by atoms with Crippen molar-refractivity contribution in [1.29, 1.82) is 0 Å². The van der Waals surface area contributed by atoms with Crippen molar-refractivity contribution in [3.8, 4) is 0 Å². The molecule has 0 aliphatic heterocycles. The third kappa shape index (κ3) is 1.55. The van der Waals surface area contributed by atoms with Crippen LogP contribution in [0.4, 0.5) is 0 Å². The zero-order valence-corrected chi connectivity index (χ0v) is 7.97. The van der Waals surface area contributed by atoms with Crippen LogP contribution < -0.4 is 0 Å². The van der Waals surface area contributed by atoms with Gasteiger partial charge >= 0.3 is 0 Å². The molecule has 0 spiro atoms. The molecule has 0 aliphatic rings. The Bertz CT molecular complexity index is 433. The summed E-state index contributed by atoms with van der Waals surface area (Å²) >= 11 is 5.83. The van der Waals surface area contributed by atoms with Crippen LogP contribution in [0.5, 0.6) is 0 Å². The summed E-state index contributed by atoms with van der Waals surface area (Å²) in [5.41, 5.74) is 1.82. The summed E-state index contributed by atoms with van der Waals surface area (Å²) in [6, 6.07) is 7.51.